The van der Waals surface area contributed by atoms with Gasteiger partial charge < -0.3 is 14.9 Å². The van der Waals surface area contributed by atoms with E-state index in [-0.39, 0.29) is 18.0 Å². The van der Waals surface area contributed by atoms with Crippen molar-refractivity contribution in [3.63, 3.8) is 0 Å². The Morgan fingerprint density at radius 1 is 1.28 bits per heavy atom. The lowest BCUT2D eigenvalue weighted by Crippen LogP contribution is -2.28. The normalized spacial score (nSPS) is 14.6. The maximum atomic E-state index is 13.0. The zero-order valence-corrected chi connectivity index (χ0v) is 18.8. The van der Waals surface area contributed by atoms with Gasteiger partial charge in [-0.15, -0.1) is 0 Å². The number of aryl methyl sites for hydroxylation is 2. The van der Waals surface area contributed by atoms with E-state index in [1.807, 2.05) is 32.2 Å². The van der Waals surface area contributed by atoms with Crippen LogP contribution in [0.3, 0.4) is 0 Å². The molecule has 5 nitrogen and oxygen atoms in total. The van der Waals surface area contributed by atoms with E-state index in [0.29, 0.717) is 22.2 Å². The number of aromatic amines is 1. The van der Waals surface area contributed by atoms with Crippen molar-refractivity contribution in [3.05, 3.63) is 66.6 Å². The van der Waals surface area contributed by atoms with Gasteiger partial charge in [-0.25, -0.2) is 0 Å². The zero-order chi connectivity index (χ0) is 20.7. The van der Waals surface area contributed by atoms with E-state index in [0.717, 1.165) is 39.5 Å². The number of fused-ring (bicyclic) bond motifs is 1. The van der Waals surface area contributed by atoms with Crippen LogP contribution < -0.4 is 10.9 Å². The third kappa shape index (κ3) is 3.88. The van der Waals surface area contributed by atoms with Crippen LogP contribution in [0.25, 0.3) is 10.9 Å². The number of carbonyl (C=O) groups is 1. The Hall–Kier alpha value is -2.05. The Labute approximate surface area is 182 Å². The van der Waals surface area contributed by atoms with E-state index in [2.05, 4.69) is 30.8 Å². The van der Waals surface area contributed by atoms with E-state index >= 15 is 0 Å². The average Bonchev–Trinajstić information content (AvgIpc) is 3.28. The van der Waals surface area contributed by atoms with E-state index in [1.54, 1.807) is 6.07 Å². The summed E-state index contributed by atoms with van der Waals surface area (Å²) in [7, 11) is 0. The van der Waals surface area contributed by atoms with Crippen molar-refractivity contribution in [1.82, 2.24) is 14.9 Å². The predicted octanol–water partition coefficient (Wildman–Crippen LogP) is 5.41. The number of nitrogens with zero attached hydrogens (tertiary/aromatic N) is 1. The van der Waals surface area contributed by atoms with Crippen LogP contribution in [-0.2, 0) is 6.54 Å². The number of pyridine rings is 1. The smallest absolute Gasteiger partial charge is 0.253 e. The van der Waals surface area contributed by atoms with Crippen LogP contribution in [0, 0.1) is 13.8 Å². The molecule has 0 saturated heterocycles. The second-order valence-corrected chi connectivity index (χ2v) is 9.12. The Kier molecular flexibility index (Phi) is 5.58. The number of hydrogen-bond donors (Lipinski definition) is 2. The molecular weight excluding hydrogens is 454 g/mol. The summed E-state index contributed by atoms with van der Waals surface area (Å²) in [6, 6.07) is 6.13. The molecule has 29 heavy (non-hydrogen) atoms. The summed E-state index contributed by atoms with van der Waals surface area (Å²) in [5.41, 5.74) is 3.52. The van der Waals surface area contributed by atoms with E-state index in [1.165, 1.54) is 12.8 Å². The maximum absolute atomic E-state index is 13.0. The third-order valence-electron chi connectivity index (χ3n) is 5.73. The number of amides is 1. The van der Waals surface area contributed by atoms with Gasteiger partial charge in [-0.05, 0) is 50.5 Å². The number of aromatic nitrogens is 2. The van der Waals surface area contributed by atoms with Gasteiger partial charge in [-0.2, -0.15) is 0 Å². The zero-order valence-electron chi connectivity index (χ0n) is 16.4. The minimum Gasteiger partial charge on any atom is -0.348 e. The summed E-state index contributed by atoms with van der Waals surface area (Å²) >= 11 is 10.1. The van der Waals surface area contributed by atoms with Gasteiger partial charge in [0.1, 0.15) is 0 Å². The molecule has 0 aliphatic heterocycles. The molecule has 1 fully saturated rings. The number of rotatable bonds is 4. The fourth-order valence-electron chi connectivity index (χ4n) is 4.33. The summed E-state index contributed by atoms with van der Waals surface area (Å²) in [6.07, 6.45) is 6.63. The lowest BCUT2D eigenvalue weighted by Gasteiger charge is -2.14. The SMILES string of the molecule is Cc1cc(C)c(CNC(=O)c2cc(Br)cc3c2c(Cl)cn3C2CCCC2)c(=O)[nH]1. The van der Waals surface area contributed by atoms with E-state index < -0.39 is 0 Å². The molecule has 1 aliphatic rings. The number of hydrogen-bond acceptors (Lipinski definition) is 2. The number of carbonyl (C=O) groups excluding carboxylic acids is 1. The van der Waals surface area contributed by atoms with Crippen molar-refractivity contribution in [1.29, 1.82) is 0 Å². The van der Waals surface area contributed by atoms with Crippen LogP contribution in [-0.4, -0.2) is 15.5 Å². The van der Waals surface area contributed by atoms with Crippen LogP contribution in [0.2, 0.25) is 5.02 Å². The standard InChI is InChI=1S/C22H23BrClN3O2/c1-12-7-13(2)26-22(29)17(12)10-25-21(28)16-8-14(23)9-19-20(16)18(24)11-27(19)15-5-3-4-6-15/h7-9,11,15H,3-6,10H2,1-2H3,(H,25,28)(H,26,29). The van der Waals surface area contributed by atoms with Gasteiger partial charge in [-0.1, -0.05) is 40.4 Å². The molecule has 1 aliphatic carbocycles. The van der Waals surface area contributed by atoms with Crippen molar-refractivity contribution in [2.24, 2.45) is 0 Å². The lowest BCUT2D eigenvalue weighted by molar-refractivity contribution is 0.0952. The molecule has 2 aromatic heterocycles. The van der Waals surface area contributed by atoms with Gasteiger partial charge in [0.25, 0.3) is 11.5 Å². The molecule has 0 spiro atoms. The first-order valence-corrected chi connectivity index (χ1v) is 11.0. The highest BCUT2D eigenvalue weighted by Crippen LogP contribution is 2.38. The maximum Gasteiger partial charge on any atom is 0.253 e. The van der Waals surface area contributed by atoms with Gasteiger partial charge in [-0.3, -0.25) is 9.59 Å². The molecule has 4 rings (SSSR count). The molecule has 2 heterocycles. The molecule has 1 saturated carbocycles. The third-order valence-corrected chi connectivity index (χ3v) is 6.48. The van der Waals surface area contributed by atoms with Crippen LogP contribution in [0.5, 0.6) is 0 Å². The summed E-state index contributed by atoms with van der Waals surface area (Å²) in [5.74, 6) is -0.248. The Morgan fingerprint density at radius 3 is 2.69 bits per heavy atom. The fourth-order valence-corrected chi connectivity index (χ4v) is 5.08. The molecule has 152 valence electrons. The minimum absolute atomic E-state index is 0.162. The number of H-pyrrole nitrogens is 1. The van der Waals surface area contributed by atoms with Crippen molar-refractivity contribution < 1.29 is 4.79 Å². The lowest BCUT2D eigenvalue weighted by atomic mass is 10.1. The van der Waals surface area contributed by atoms with Gasteiger partial charge in [0.2, 0.25) is 0 Å². The van der Waals surface area contributed by atoms with Gasteiger partial charge in [0.15, 0.2) is 0 Å². The highest BCUT2D eigenvalue weighted by atomic mass is 79.9. The van der Waals surface area contributed by atoms with Crippen molar-refractivity contribution in [2.45, 2.75) is 52.1 Å². The summed E-state index contributed by atoms with van der Waals surface area (Å²) in [5, 5.41) is 4.23. The summed E-state index contributed by atoms with van der Waals surface area (Å²) in [6.45, 7) is 3.88. The average molecular weight is 477 g/mol. The molecule has 2 N–H and O–H groups in total. The van der Waals surface area contributed by atoms with Gasteiger partial charge in [0, 0.05) is 39.9 Å². The van der Waals surface area contributed by atoms with Crippen LogP contribution in [0.1, 0.15) is 58.9 Å². The largest absolute Gasteiger partial charge is 0.348 e. The van der Waals surface area contributed by atoms with Crippen LogP contribution in [0.15, 0.2) is 33.7 Å². The second-order valence-electron chi connectivity index (χ2n) is 7.80. The predicted molar refractivity (Wildman–Crippen MR) is 120 cm³/mol. The van der Waals surface area contributed by atoms with Crippen molar-refractivity contribution in [3.8, 4) is 0 Å². The first-order valence-electron chi connectivity index (χ1n) is 9.82. The van der Waals surface area contributed by atoms with Crippen molar-refractivity contribution in [2.75, 3.05) is 0 Å². The van der Waals surface area contributed by atoms with Gasteiger partial charge in [0.05, 0.1) is 16.1 Å². The van der Waals surface area contributed by atoms with E-state index in [9.17, 15) is 9.59 Å². The molecule has 3 aromatic rings. The molecule has 1 amide bonds. The molecule has 1 aromatic carbocycles. The number of halogens is 2. The quantitative estimate of drug-likeness (QED) is 0.529. The molecule has 0 bridgehead atoms. The molecule has 0 atom stereocenters. The number of benzene rings is 1. The van der Waals surface area contributed by atoms with E-state index in [4.69, 9.17) is 11.6 Å². The van der Waals surface area contributed by atoms with Crippen LogP contribution >= 0.6 is 27.5 Å². The molecule has 7 heteroatoms. The highest BCUT2D eigenvalue weighted by molar-refractivity contribution is 9.10. The Bertz CT molecular complexity index is 1160. The minimum atomic E-state index is -0.248. The summed E-state index contributed by atoms with van der Waals surface area (Å²) in [4.78, 5) is 28.1. The Morgan fingerprint density at radius 2 is 2.00 bits per heavy atom. The Balaban J connectivity index is 1.68. The first kappa shape index (κ1) is 20.2. The van der Waals surface area contributed by atoms with Crippen LogP contribution in [0.4, 0.5) is 0 Å². The molecule has 0 unspecified atom stereocenters. The molecule has 0 radical (unpaired) electrons. The van der Waals surface area contributed by atoms with Gasteiger partial charge >= 0.3 is 0 Å². The highest BCUT2D eigenvalue weighted by Gasteiger charge is 2.23. The monoisotopic (exact) mass is 475 g/mol. The topological polar surface area (TPSA) is 66.9 Å². The fraction of sp³-hybridized carbons (Fsp3) is 0.364. The number of nitrogens with one attached hydrogen (secondary N) is 2. The first-order chi connectivity index (χ1) is 13.8. The molecular formula is C22H23BrClN3O2. The van der Waals surface area contributed by atoms with Crippen molar-refractivity contribution >= 4 is 44.3 Å². The summed E-state index contributed by atoms with van der Waals surface area (Å²) < 4.78 is 3.04. The second kappa shape index (κ2) is 8.00.